The van der Waals surface area contributed by atoms with Crippen LogP contribution in [0.4, 0.5) is 10.5 Å². The third kappa shape index (κ3) is 4.68. The first-order chi connectivity index (χ1) is 15.1. The summed E-state index contributed by atoms with van der Waals surface area (Å²) in [5.41, 5.74) is 1.96. The van der Waals surface area contributed by atoms with E-state index in [4.69, 9.17) is 4.74 Å². The molecule has 6 heteroatoms. The summed E-state index contributed by atoms with van der Waals surface area (Å²) in [4.78, 5) is 31.8. The normalized spacial score (nSPS) is 18.8. The Hall–Kier alpha value is -3.02. The van der Waals surface area contributed by atoms with Crippen molar-refractivity contribution in [3.05, 3.63) is 60.2 Å². The summed E-state index contributed by atoms with van der Waals surface area (Å²) in [6.45, 7) is 4.45. The van der Waals surface area contributed by atoms with Gasteiger partial charge in [0.2, 0.25) is 5.91 Å². The molecule has 0 aromatic heterocycles. The number of carbonyl (C=O) groups excluding carboxylic acids is 2. The van der Waals surface area contributed by atoms with Gasteiger partial charge in [-0.05, 0) is 37.0 Å². The second-order valence-corrected chi connectivity index (χ2v) is 8.45. The van der Waals surface area contributed by atoms with E-state index in [1.165, 1.54) is 0 Å². The number of para-hydroxylation sites is 2. The number of anilines is 1. The van der Waals surface area contributed by atoms with Crippen molar-refractivity contribution in [2.45, 2.75) is 38.8 Å². The Labute approximate surface area is 184 Å². The highest BCUT2D eigenvalue weighted by Crippen LogP contribution is 2.35. The number of fused-ring (bicyclic) bond motifs is 1. The first kappa shape index (κ1) is 21.2. The number of piperidine rings is 1. The molecule has 2 aromatic rings. The lowest BCUT2D eigenvalue weighted by atomic mass is 9.95. The molecule has 3 amide bonds. The second kappa shape index (κ2) is 9.41. The van der Waals surface area contributed by atoms with Gasteiger partial charge >= 0.3 is 6.03 Å². The SMILES string of the molecule is CC[C@H]1CN(C(=O)N2CCC(C(=O)N(C)Cc3ccccc3)CC2)c2ccccc2O1. The van der Waals surface area contributed by atoms with Gasteiger partial charge in [-0.15, -0.1) is 0 Å². The summed E-state index contributed by atoms with van der Waals surface area (Å²) < 4.78 is 6.01. The summed E-state index contributed by atoms with van der Waals surface area (Å²) in [6.07, 6.45) is 2.26. The van der Waals surface area contributed by atoms with Gasteiger partial charge in [0.1, 0.15) is 11.9 Å². The molecule has 0 N–H and O–H groups in total. The van der Waals surface area contributed by atoms with Gasteiger partial charge in [-0.2, -0.15) is 0 Å². The van der Waals surface area contributed by atoms with Crippen molar-refractivity contribution < 1.29 is 14.3 Å². The van der Waals surface area contributed by atoms with Gasteiger partial charge in [0.25, 0.3) is 0 Å². The van der Waals surface area contributed by atoms with Crippen molar-refractivity contribution >= 4 is 17.6 Å². The van der Waals surface area contributed by atoms with Crippen LogP contribution in [0, 0.1) is 5.92 Å². The van der Waals surface area contributed by atoms with Crippen molar-refractivity contribution in [1.29, 1.82) is 0 Å². The quantitative estimate of drug-likeness (QED) is 0.745. The van der Waals surface area contributed by atoms with Crippen LogP contribution in [0.5, 0.6) is 5.75 Å². The fraction of sp³-hybridized carbons (Fsp3) is 0.440. The van der Waals surface area contributed by atoms with Crippen LogP contribution >= 0.6 is 0 Å². The zero-order valence-corrected chi connectivity index (χ0v) is 18.4. The molecule has 0 radical (unpaired) electrons. The Balaban J connectivity index is 1.36. The largest absolute Gasteiger partial charge is 0.486 e. The average molecular weight is 422 g/mol. The van der Waals surface area contributed by atoms with Gasteiger partial charge in [0.15, 0.2) is 0 Å². The lowest BCUT2D eigenvalue weighted by Crippen LogP contribution is -2.52. The van der Waals surface area contributed by atoms with Crippen molar-refractivity contribution in [3.8, 4) is 5.75 Å². The van der Waals surface area contributed by atoms with Gasteiger partial charge < -0.3 is 14.5 Å². The summed E-state index contributed by atoms with van der Waals surface area (Å²) in [7, 11) is 1.86. The molecular formula is C25H31N3O3. The molecule has 31 heavy (non-hydrogen) atoms. The number of nitrogens with zero attached hydrogens (tertiary/aromatic N) is 3. The first-order valence-corrected chi connectivity index (χ1v) is 11.2. The number of hydrogen-bond donors (Lipinski definition) is 0. The predicted octanol–water partition coefficient (Wildman–Crippen LogP) is 4.15. The molecule has 2 heterocycles. The number of urea groups is 1. The van der Waals surface area contributed by atoms with Gasteiger partial charge in [0.05, 0.1) is 12.2 Å². The van der Waals surface area contributed by atoms with E-state index in [-0.39, 0.29) is 24.0 Å². The molecule has 1 atom stereocenters. The molecule has 4 rings (SSSR count). The number of amides is 3. The van der Waals surface area contributed by atoms with Crippen molar-refractivity contribution in [2.75, 3.05) is 31.6 Å². The summed E-state index contributed by atoms with van der Waals surface area (Å²) in [5.74, 6) is 0.901. The lowest BCUT2D eigenvalue weighted by Gasteiger charge is -2.40. The van der Waals surface area contributed by atoms with Crippen LogP contribution in [0.2, 0.25) is 0 Å². The van der Waals surface area contributed by atoms with Crippen molar-refractivity contribution in [2.24, 2.45) is 5.92 Å². The molecule has 2 aliphatic heterocycles. The standard InChI is InChI=1S/C25H31N3O3/c1-3-21-18-28(22-11-7-8-12-23(22)31-21)25(30)27-15-13-20(14-16-27)24(29)26(2)17-19-9-5-4-6-10-19/h4-12,20-21H,3,13-18H2,1-2H3/t21-/m0/s1. The zero-order chi connectivity index (χ0) is 21.8. The van der Waals surface area contributed by atoms with E-state index in [0.29, 0.717) is 39.0 Å². The molecule has 0 aliphatic carbocycles. The fourth-order valence-electron chi connectivity index (χ4n) is 4.43. The zero-order valence-electron chi connectivity index (χ0n) is 18.4. The molecule has 0 bridgehead atoms. The summed E-state index contributed by atoms with van der Waals surface area (Å²) >= 11 is 0. The number of carbonyl (C=O) groups is 2. The van der Waals surface area contributed by atoms with Crippen LogP contribution in [-0.2, 0) is 11.3 Å². The van der Waals surface area contributed by atoms with Crippen LogP contribution in [-0.4, -0.2) is 54.5 Å². The van der Waals surface area contributed by atoms with E-state index < -0.39 is 0 Å². The third-order valence-corrected chi connectivity index (χ3v) is 6.28. The predicted molar refractivity (Wildman–Crippen MR) is 121 cm³/mol. The molecule has 6 nitrogen and oxygen atoms in total. The van der Waals surface area contributed by atoms with Gasteiger partial charge in [-0.25, -0.2) is 4.79 Å². The Bertz CT molecular complexity index is 909. The molecule has 2 aromatic carbocycles. The van der Waals surface area contributed by atoms with Crippen LogP contribution in [0.1, 0.15) is 31.7 Å². The minimum Gasteiger partial charge on any atom is -0.486 e. The summed E-state index contributed by atoms with van der Waals surface area (Å²) in [6, 6.07) is 17.8. The van der Waals surface area contributed by atoms with Gasteiger partial charge in [-0.1, -0.05) is 49.4 Å². The number of hydrogen-bond acceptors (Lipinski definition) is 3. The van der Waals surface area contributed by atoms with E-state index in [2.05, 4.69) is 6.92 Å². The summed E-state index contributed by atoms with van der Waals surface area (Å²) in [5, 5.41) is 0. The van der Waals surface area contributed by atoms with E-state index in [1.807, 2.05) is 76.3 Å². The second-order valence-electron chi connectivity index (χ2n) is 8.45. The molecule has 1 saturated heterocycles. The highest BCUT2D eigenvalue weighted by molar-refractivity contribution is 5.94. The first-order valence-electron chi connectivity index (χ1n) is 11.2. The van der Waals surface area contributed by atoms with Crippen molar-refractivity contribution in [1.82, 2.24) is 9.80 Å². The topological polar surface area (TPSA) is 53.1 Å². The molecule has 0 unspecified atom stereocenters. The van der Waals surface area contributed by atoms with E-state index in [9.17, 15) is 9.59 Å². The van der Waals surface area contributed by atoms with E-state index in [1.54, 1.807) is 0 Å². The Kier molecular flexibility index (Phi) is 6.44. The Morgan fingerprint density at radius 2 is 1.71 bits per heavy atom. The van der Waals surface area contributed by atoms with E-state index in [0.717, 1.165) is 23.4 Å². The highest BCUT2D eigenvalue weighted by Gasteiger charge is 2.35. The maximum Gasteiger partial charge on any atom is 0.324 e. The van der Waals surface area contributed by atoms with Gasteiger partial charge in [-0.3, -0.25) is 9.69 Å². The van der Waals surface area contributed by atoms with Crippen LogP contribution < -0.4 is 9.64 Å². The highest BCUT2D eigenvalue weighted by atomic mass is 16.5. The van der Waals surface area contributed by atoms with Gasteiger partial charge in [0, 0.05) is 32.6 Å². The molecule has 0 spiro atoms. The Morgan fingerprint density at radius 1 is 1.03 bits per heavy atom. The molecular weight excluding hydrogens is 390 g/mol. The fourth-order valence-corrected chi connectivity index (χ4v) is 4.43. The van der Waals surface area contributed by atoms with Crippen molar-refractivity contribution in [3.63, 3.8) is 0 Å². The minimum atomic E-state index is -0.0295. The van der Waals surface area contributed by atoms with Crippen LogP contribution in [0.3, 0.4) is 0 Å². The minimum absolute atomic E-state index is 0.00426. The number of ether oxygens (including phenoxy) is 1. The maximum atomic E-state index is 13.3. The number of likely N-dealkylation sites (tertiary alicyclic amines) is 1. The molecule has 1 fully saturated rings. The monoisotopic (exact) mass is 421 g/mol. The van der Waals surface area contributed by atoms with Crippen LogP contribution in [0.15, 0.2) is 54.6 Å². The Morgan fingerprint density at radius 3 is 2.42 bits per heavy atom. The molecule has 0 saturated carbocycles. The third-order valence-electron chi connectivity index (χ3n) is 6.28. The smallest absolute Gasteiger partial charge is 0.324 e. The number of benzene rings is 2. The molecule has 2 aliphatic rings. The lowest BCUT2D eigenvalue weighted by molar-refractivity contribution is -0.136. The van der Waals surface area contributed by atoms with E-state index >= 15 is 0 Å². The average Bonchev–Trinajstić information content (AvgIpc) is 2.83. The molecule has 164 valence electrons. The van der Waals surface area contributed by atoms with Crippen LogP contribution in [0.25, 0.3) is 0 Å². The number of rotatable bonds is 4. The maximum absolute atomic E-state index is 13.3.